The molecule has 1 saturated heterocycles. The van der Waals surface area contributed by atoms with Gasteiger partial charge in [-0.3, -0.25) is 14.5 Å². The lowest BCUT2D eigenvalue weighted by Crippen LogP contribution is -2.46. The minimum atomic E-state index is -0.806. The van der Waals surface area contributed by atoms with E-state index in [4.69, 9.17) is 4.74 Å². The van der Waals surface area contributed by atoms with Crippen LogP contribution in [0.4, 0.5) is 4.39 Å². The number of carbonyl (C=O) groups is 2. The molecule has 0 radical (unpaired) electrons. The summed E-state index contributed by atoms with van der Waals surface area (Å²) in [5, 5.41) is 3.06. The number of hydrogen-bond donors (Lipinski definition) is 1. The molecule has 0 saturated carbocycles. The first-order valence-corrected chi connectivity index (χ1v) is 12.8. The molecule has 1 N–H and O–H groups in total. The smallest absolute Gasteiger partial charge is 0.247 e. The second kappa shape index (κ2) is 13.7. The number of ether oxygens (including phenoxy) is 1. The van der Waals surface area contributed by atoms with Gasteiger partial charge in [0.05, 0.1) is 13.2 Å². The molecule has 194 valence electrons. The van der Waals surface area contributed by atoms with Crippen molar-refractivity contribution >= 4 is 11.8 Å². The van der Waals surface area contributed by atoms with Gasteiger partial charge in [0.25, 0.3) is 0 Å². The van der Waals surface area contributed by atoms with E-state index in [9.17, 15) is 14.0 Å². The zero-order chi connectivity index (χ0) is 25.9. The lowest BCUT2D eigenvalue weighted by Gasteiger charge is -2.32. The lowest BCUT2D eigenvalue weighted by molar-refractivity contribution is -0.141. The average molecular weight is 504 g/mol. The van der Waals surface area contributed by atoms with E-state index in [-0.39, 0.29) is 30.6 Å². The van der Waals surface area contributed by atoms with Gasteiger partial charge in [-0.05, 0) is 35.2 Å². The predicted octanol–water partition coefficient (Wildman–Crippen LogP) is 3.98. The Morgan fingerprint density at radius 3 is 2.22 bits per heavy atom. The van der Waals surface area contributed by atoms with Crippen LogP contribution < -0.4 is 5.32 Å². The minimum Gasteiger partial charge on any atom is -0.379 e. The Labute approximate surface area is 218 Å². The molecule has 4 rings (SSSR count). The summed E-state index contributed by atoms with van der Waals surface area (Å²) in [7, 11) is 0. The first-order chi connectivity index (χ1) is 18.1. The van der Waals surface area contributed by atoms with Crippen LogP contribution in [0.1, 0.15) is 29.2 Å². The Balaban J connectivity index is 1.55. The van der Waals surface area contributed by atoms with Gasteiger partial charge in [0.1, 0.15) is 11.9 Å². The molecule has 0 aromatic heterocycles. The molecule has 1 aliphatic rings. The lowest BCUT2D eigenvalue weighted by atomic mass is 10.0. The number of carbonyl (C=O) groups excluding carboxylic acids is 2. The van der Waals surface area contributed by atoms with Crippen LogP contribution in [0.25, 0.3) is 0 Å². The highest BCUT2D eigenvalue weighted by Gasteiger charge is 2.31. The number of amides is 2. The maximum atomic E-state index is 13.7. The Morgan fingerprint density at radius 1 is 0.892 bits per heavy atom. The number of morpholine rings is 1. The summed E-state index contributed by atoms with van der Waals surface area (Å²) in [6.07, 6.45) is 0.829. The van der Waals surface area contributed by atoms with Crippen LogP contribution in [0.15, 0.2) is 84.9 Å². The SMILES string of the molecule is O=C(NCCN1CCOCC1)[C@@H](c1ccccc1)N(Cc1ccc(F)cc1)C(=O)CCc1ccccc1. The highest BCUT2D eigenvalue weighted by Crippen LogP contribution is 2.25. The normalized spacial score (nSPS) is 14.6. The third kappa shape index (κ3) is 7.97. The van der Waals surface area contributed by atoms with Crippen molar-refractivity contribution in [1.82, 2.24) is 15.1 Å². The summed E-state index contributed by atoms with van der Waals surface area (Å²) in [5.74, 6) is -0.703. The zero-order valence-electron chi connectivity index (χ0n) is 21.0. The van der Waals surface area contributed by atoms with E-state index in [1.807, 2.05) is 60.7 Å². The standard InChI is InChI=1S/C30H34FN3O3/c31-27-14-11-25(12-15-27)23-34(28(35)16-13-24-7-3-1-4-8-24)29(26-9-5-2-6-10-26)30(36)32-17-18-33-19-21-37-22-20-33/h1-12,14-15,29H,13,16-23H2,(H,32,36)/t29-/m1/s1. The third-order valence-electron chi connectivity index (χ3n) is 6.56. The maximum Gasteiger partial charge on any atom is 0.247 e. The Bertz CT molecular complexity index is 1120. The van der Waals surface area contributed by atoms with Crippen molar-refractivity contribution in [3.8, 4) is 0 Å². The van der Waals surface area contributed by atoms with Crippen molar-refractivity contribution in [3.63, 3.8) is 0 Å². The van der Waals surface area contributed by atoms with Gasteiger partial charge >= 0.3 is 0 Å². The first-order valence-electron chi connectivity index (χ1n) is 12.8. The minimum absolute atomic E-state index is 0.134. The fourth-order valence-corrected chi connectivity index (χ4v) is 4.52. The zero-order valence-corrected chi connectivity index (χ0v) is 21.0. The molecule has 1 heterocycles. The van der Waals surface area contributed by atoms with Crippen LogP contribution >= 0.6 is 0 Å². The number of benzene rings is 3. The molecule has 0 aliphatic carbocycles. The summed E-state index contributed by atoms with van der Waals surface area (Å²) >= 11 is 0. The van der Waals surface area contributed by atoms with Crippen molar-refractivity contribution < 1.29 is 18.7 Å². The molecular weight excluding hydrogens is 469 g/mol. The van der Waals surface area contributed by atoms with Gasteiger partial charge in [-0.1, -0.05) is 72.8 Å². The van der Waals surface area contributed by atoms with E-state index < -0.39 is 6.04 Å². The Kier molecular flexibility index (Phi) is 9.80. The molecule has 3 aromatic rings. The largest absolute Gasteiger partial charge is 0.379 e. The molecule has 0 spiro atoms. The fraction of sp³-hybridized carbons (Fsp3) is 0.333. The molecule has 3 aromatic carbocycles. The molecule has 0 unspecified atom stereocenters. The van der Waals surface area contributed by atoms with Crippen molar-refractivity contribution in [1.29, 1.82) is 0 Å². The first kappa shape index (κ1) is 26.5. The maximum absolute atomic E-state index is 13.7. The third-order valence-corrected chi connectivity index (χ3v) is 6.56. The topological polar surface area (TPSA) is 61.9 Å². The van der Waals surface area contributed by atoms with Crippen molar-refractivity contribution in [3.05, 3.63) is 107 Å². The summed E-state index contributed by atoms with van der Waals surface area (Å²) in [6, 6.07) is 24.5. The van der Waals surface area contributed by atoms with E-state index >= 15 is 0 Å². The monoisotopic (exact) mass is 503 g/mol. The van der Waals surface area contributed by atoms with Crippen molar-refractivity contribution in [2.24, 2.45) is 0 Å². The Morgan fingerprint density at radius 2 is 1.54 bits per heavy atom. The molecule has 37 heavy (non-hydrogen) atoms. The van der Waals surface area contributed by atoms with Crippen LogP contribution in [-0.2, 0) is 27.3 Å². The molecule has 1 atom stereocenters. The van der Waals surface area contributed by atoms with E-state index in [2.05, 4.69) is 10.2 Å². The van der Waals surface area contributed by atoms with Gasteiger partial charge in [0, 0.05) is 39.1 Å². The fourth-order valence-electron chi connectivity index (χ4n) is 4.52. The highest BCUT2D eigenvalue weighted by molar-refractivity contribution is 5.88. The van der Waals surface area contributed by atoms with Crippen LogP contribution in [0.3, 0.4) is 0 Å². The molecular formula is C30H34FN3O3. The Hall–Kier alpha value is -3.55. The van der Waals surface area contributed by atoms with Crippen LogP contribution in [-0.4, -0.2) is 61.0 Å². The molecule has 1 fully saturated rings. The van der Waals surface area contributed by atoms with E-state index in [1.54, 1.807) is 17.0 Å². The van der Waals surface area contributed by atoms with Crippen molar-refractivity contribution in [2.75, 3.05) is 39.4 Å². The number of nitrogens with one attached hydrogen (secondary N) is 1. The van der Waals surface area contributed by atoms with Gasteiger partial charge in [-0.25, -0.2) is 4.39 Å². The van der Waals surface area contributed by atoms with Gasteiger partial charge in [-0.2, -0.15) is 0 Å². The van der Waals surface area contributed by atoms with Crippen LogP contribution in [0, 0.1) is 5.82 Å². The average Bonchev–Trinajstić information content (AvgIpc) is 2.94. The number of halogens is 1. The van der Waals surface area contributed by atoms with E-state index in [0.29, 0.717) is 26.2 Å². The van der Waals surface area contributed by atoms with E-state index in [1.165, 1.54) is 12.1 Å². The van der Waals surface area contributed by atoms with E-state index in [0.717, 1.165) is 36.3 Å². The van der Waals surface area contributed by atoms with Crippen LogP contribution in [0.5, 0.6) is 0 Å². The van der Waals surface area contributed by atoms with Gasteiger partial charge in [0.15, 0.2) is 0 Å². The summed E-state index contributed by atoms with van der Waals surface area (Å²) in [6.45, 7) is 4.47. The molecule has 1 aliphatic heterocycles. The van der Waals surface area contributed by atoms with Crippen molar-refractivity contribution in [2.45, 2.75) is 25.4 Å². The quantitative estimate of drug-likeness (QED) is 0.430. The van der Waals surface area contributed by atoms with Crippen LogP contribution in [0.2, 0.25) is 0 Å². The summed E-state index contributed by atoms with van der Waals surface area (Å²) in [5.41, 5.74) is 2.56. The second-order valence-electron chi connectivity index (χ2n) is 9.19. The second-order valence-corrected chi connectivity index (χ2v) is 9.19. The summed E-state index contributed by atoms with van der Waals surface area (Å²) < 4.78 is 19.0. The number of aryl methyl sites for hydroxylation is 1. The highest BCUT2D eigenvalue weighted by atomic mass is 19.1. The molecule has 0 bridgehead atoms. The molecule has 6 nitrogen and oxygen atoms in total. The number of rotatable bonds is 11. The summed E-state index contributed by atoms with van der Waals surface area (Å²) in [4.78, 5) is 31.2. The van der Waals surface area contributed by atoms with Gasteiger partial charge < -0.3 is 15.0 Å². The van der Waals surface area contributed by atoms with Gasteiger partial charge in [0.2, 0.25) is 11.8 Å². The predicted molar refractivity (Wildman–Crippen MR) is 141 cm³/mol. The van der Waals surface area contributed by atoms with Gasteiger partial charge in [-0.15, -0.1) is 0 Å². The molecule has 7 heteroatoms. The number of hydrogen-bond acceptors (Lipinski definition) is 4. The number of nitrogens with zero attached hydrogens (tertiary/aromatic N) is 2. The molecule has 2 amide bonds.